The Morgan fingerprint density at radius 3 is 1.80 bits per heavy atom. The second-order valence-electron chi connectivity index (χ2n) is 1.41. The Morgan fingerprint density at radius 2 is 1.80 bits per heavy atom. The fourth-order valence-electron chi connectivity index (χ4n) is 0. The topological polar surface area (TPSA) is 0 Å². The summed E-state index contributed by atoms with van der Waals surface area (Å²) in [5.41, 5.74) is 0. The van der Waals surface area contributed by atoms with Crippen molar-refractivity contribution in [2.24, 2.45) is 5.92 Å². The van der Waals surface area contributed by atoms with Crippen LogP contribution in [-0.4, -0.2) is 5.80 Å². The van der Waals surface area contributed by atoms with Crippen LogP contribution in [0.15, 0.2) is 0 Å². The Hall–Kier alpha value is 0.170. The molecule has 0 nitrogen and oxygen atoms in total. The Labute approximate surface area is 35.4 Å². The maximum Gasteiger partial charge on any atom is -0.0250 e. The number of rotatable bonds is 1. The molecule has 5 heavy (non-hydrogen) atoms. The van der Waals surface area contributed by atoms with Gasteiger partial charge in [0.15, 0.2) is 0 Å². The van der Waals surface area contributed by atoms with Gasteiger partial charge in [-0.25, -0.2) is 0 Å². The monoisotopic (exact) mass is 88.0 g/mol. The third kappa shape index (κ3) is 4.17. The minimum atomic E-state index is 0.673. The van der Waals surface area contributed by atoms with Crippen molar-refractivity contribution in [3.8, 4) is 0 Å². The maximum atomic E-state index is 3.23. The third-order valence-electron chi connectivity index (χ3n) is 0.333. The molecule has 0 aliphatic carbocycles. The molecular weight excluding hydrogens is 79.0 g/mol. The first-order valence-corrected chi connectivity index (χ1v) is 2.35. The van der Waals surface area contributed by atoms with Crippen LogP contribution in [-0.2, 0) is 0 Å². The lowest BCUT2D eigenvalue weighted by Crippen LogP contribution is -1.79. The summed E-state index contributed by atoms with van der Waals surface area (Å²) in [7, 11) is 3.23. The van der Waals surface area contributed by atoms with Crippen LogP contribution in [0, 0.1) is 5.92 Å². The minimum absolute atomic E-state index is 0.673. The Morgan fingerprint density at radius 1 is 1.60 bits per heavy atom. The average Bonchev–Trinajstić information content (AvgIpc) is 1.38. The SMILES string of the molecule is CC(C)C=P. The highest BCUT2D eigenvalue weighted by molar-refractivity contribution is 7.18. The average molecular weight is 88.1 g/mol. The molecule has 1 heteroatoms. The van der Waals surface area contributed by atoms with Crippen LogP contribution in [0.4, 0.5) is 0 Å². The summed E-state index contributed by atoms with van der Waals surface area (Å²) in [6.45, 7) is 4.24. The zero-order valence-corrected chi connectivity index (χ0v) is 4.65. The summed E-state index contributed by atoms with van der Waals surface area (Å²) in [4.78, 5) is 0. The maximum absolute atomic E-state index is 3.23. The van der Waals surface area contributed by atoms with E-state index in [2.05, 4.69) is 22.7 Å². The van der Waals surface area contributed by atoms with E-state index in [1.54, 1.807) is 0 Å². The molecule has 0 atom stereocenters. The van der Waals surface area contributed by atoms with Gasteiger partial charge in [0.05, 0.1) is 0 Å². The molecule has 0 aromatic rings. The van der Waals surface area contributed by atoms with Gasteiger partial charge in [-0.15, -0.1) is 8.86 Å². The van der Waals surface area contributed by atoms with Crippen LogP contribution < -0.4 is 0 Å². The van der Waals surface area contributed by atoms with Gasteiger partial charge in [-0.2, -0.15) is 0 Å². The van der Waals surface area contributed by atoms with Gasteiger partial charge in [0.25, 0.3) is 0 Å². The molecule has 0 radical (unpaired) electrons. The van der Waals surface area contributed by atoms with Crippen molar-refractivity contribution in [2.45, 2.75) is 13.8 Å². The fourth-order valence-corrected chi connectivity index (χ4v) is 0. The van der Waals surface area contributed by atoms with E-state index in [1.807, 2.05) is 5.80 Å². The first kappa shape index (κ1) is 5.17. The van der Waals surface area contributed by atoms with Crippen LogP contribution in [0.25, 0.3) is 0 Å². The van der Waals surface area contributed by atoms with Crippen molar-refractivity contribution in [3.05, 3.63) is 0 Å². The van der Waals surface area contributed by atoms with Crippen molar-refractivity contribution < 1.29 is 0 Å². The molecule has 0 rings (SSSR count). The van der Waals surface area contributed by atoms with Gasteiger partial charge in [-0.1, -0.05) is 19.6 Å². The van der Waals surface area contributed by atoms with Crippen LogP contribution in [0.2, 0.25) is 0 Å². The Kier molecular flexibility index (Phi) is 2.49. The van der Waals surface area contributed by atoms with E-state index in [1.165, 1.54) is 0 Å². The lowest BCUT2D eigenvalue weighted by molar-refractivity contribution is 0.921. The minimum Gasteiger partial charge on any atom is -0.126 e. The van der Waals surface area contributed by atoms with Crippen LogP contribution in [0.1, 0.15) is 13.8 Å². The van der Waals surface area contributed by atoms with Gasteiger partial charge in [0.2, 0.25) is 0 Å². The zero-order valence-electron chi connectivity index (χ0n) is 3.65. The fraction of sp³-hybridized carbons (Fsp3) is 0.750. The second-order valence-corrected chi connectivity index (χ2v) is 1.74. The van der Waals surface area contributed by atoms with Crippen molar-refractivity contribution in [2.75, 3.05) is 0 Å². The predicted molar refractivity (Wildman–Crippen MR) is 29.2 cm³/mol. The van der Waals surface area contributed by atoms with Crippen molar-refractivity contribution >= 4 is 14.7 Å². The van der Waals surface area contributed by atoms with Crippen LogP contribution in [0.3, 0.4) is 0 Å². The number of hydrogen-bond donors (Lipinski definition) is 0. The summed E-state index contributed by atoms with van der Waals surface area (Å²) in [5, 5.41) is 0. The summed E-state index contributed by atoms with van der Waals surface area (Å²) in [5.74, 6) is 2.65. The Bertz CT molecular complexity index is 30.6. The van der Waals surface area contributed by atoms with Gasteiger partial charge >= 0.3 is 0 Å². The lowest BCUT2D eigenvalue weighted by atomic mass is 10.3. The molecule has 0 spiro atoms. The molecule has 0 aromatic heterocycles. The summed E-state index contributed by atoms with van der Waals surface area (Å²) >= 11 is 0. The van der Waals surface area contributed by atoms with E-state index in [0.717, 1.165) is 0 Å². The van der Waals surface area contributed by atoms with E-state index in [0.29, 0.717) is 5.92 Å². The van der Waals surface area contributed by atoms with Gasteiger partial charge in [-0.05, 0) is 5.92 Å². The van der Waals surface area contributed by atoms with E-state index < -0.39 is 0 Å². The summed E-state index contributed by atoms with van der Waals surface area (Å²) in [6, 6.07) is 0. The highest BCUT2D eigenvalue weighted by atomic mass is 31.0. The molecule has 0 amide bonds. The molecule has 0 unspecified atom stereocenters. The molecule has 0 saturated heterocycles. The predicted octanol–water partition coefficient (Wildman–Crippen LogP) is 1.59. The van der Waals surface area contributed by atoms with E-state index in [4.69, 9.17) is 0 Å². The molecule has 30 valence electrons. The first-order chi connectivity index (χ1) is 2.27. The molecule has 0 aliphatic rings. The smallest absolute Gasteiger partial charge is 0.0250 e. The highest BCUT2D eigenvalue weighted by Gasteiger charge is 1.74. The second kappa shape index (κ2) is 2.41. The van der Waals surface area contributed by atoms with Crippen molar-refractivity contribution in [1.29, 1.82) is 0 Å². The summed E-state index contributed by atoms with van der Waals surface area (Å²) in [6.07, 6.45) is 0. The molecule has 0 aromatic carbocycles. The molecule has 0 saturated carbocycles. The Balaban J connectivity index is 2.83. The molecule has 0 heterocycles. The standard InChI is InChI=1S/C4H9P/c1-4(2)3-5/h3-5H,1-2H3. The highest BCUT2D eigenvalue weighted by Crippen LogP contribution is 1.83. The molecular formula is C4H9P. The summed E-state index contributed by atoms with van der Waals surface area (Å²) < 4.78 is 0. The van der Waals surface area contributed by atoms with E-state index >= 15 is 0 Å². The third-order valence-corrected chi connectivity index (χ3v) is 1.00. The van der Waals surface area contributed by atoms with Gasteiger partial charge in [0.1, 0.15) is 0 Å². The normalized spacial score (nSPS) is 8.60. The van der Waals surface area contributed by atoms with Gasteiger partial charge in [0, 0.05) is 0 Å². The van der Waals surface area contributed by atoms with Gasteiger partial charge < -0.3 is 0 Å². The molecule has 0 fully saturated rings. The van der Waals surface area contributed by atoms with Crippen LogP contribution >= 0.6 is 8.86 Å². The molecule has 0 aliphatic heterocycles. The first-order valence-electron chi connectivity index (χ1n) is 1.78. The van der Waals surface area contributed by atoms with Crippen molar-refractivity contribution in [3.63, 3.8) is 0 Å². The molecule has 0 bridgehead atoms. The largest absolute Gasteiger partial charge is 0.126 e. The number of hydrogen-bond acceptors (Lipinski definition) is 0. The lowest BCUT2D eigenvalue weighted by Gasteiger charge is -1.83. The van der Waals surface area contributed by atoms with Crippen molar-refractivity contribution in [1.82, 2.24) is 0 Å². The molecule has 0 N–H and O–H groups in total. The van der Waals surface area contributed by atoms with E-state index in [-0.39, 0.29) is 0 Å². The van der Waals surface area contributed by atoms with Gasteiger partial charge in [-0.3, -0.25) is 0 Å². The zero-order chi connectivity index (χ0) is 4.28. The van der Waals surface area contributed by atoms with E-state index in [9.17, 15) is 0 Å². The quantitative estimate of drug-likeness (QED) is 0.427. The van der Waals surface area contributed by atoms with Crippen LogP contribution in [0.5, 0.6) is 0 Å².